The topological polar surface area (TPSA) is 9.23 Å². The largest absolute Gasteiger partial charge is 0.434 e. The van der Waals surface area contributed by atoms with Gasteiger partial charge in [0, 0.05) is 10.6 Å². The highest BCUT2D eigenvalue weighted by atomic mass is 35.5. The molecule has 4 heteroatoms. The highest BCUT2D eigenvalue weighted by Crippen LogP contribution is 2.26. The van der Waals surface area contributed by atoms with Crippen molar-refractivity contribution in [2.75, 3.05) is 0 Å². The van der Waals surface area contributed by atoms with E-state index < -0.39 is 6.61 Å². The van der Waals surface area contributed by atoms with Gasteiger partial charge in [-0.1, -0.05) is 17.7 Å². The van der Waals surface area contributed by atoms with Gasteiger partial charge in [0.05, 0.1) is 0 Å². The zero-order valence-corrected chi connectivity index (χ0v) is 6.81. The molecule has 0 unspecified atom stereocenters. The molecule has 65 valence electrons. The first-order valence-corrected chi connectivity index (χ1v) is 3.54. The van der Waals surface area contributed by atoms with E-state index in [2.05, 4.69) is 11.7 Å². The van der Waals surface area contributed by atoms with Crippen LogP contribution < -0.4 is 4.74 Å². The molecule has 0 bridgehead atoms. The standard InChI is InChI=1S/C8H6ClF2O/c1-5-6(9)3-2-4-7(5)12-8(10)11/h2-4,8H,1H2. The molecule has 0 aliphatic carbocycles. The minimum absolute atomic E-state index is 0.0116. The Bertz CT molecular complexity index is 276. The van der Waals surface area contributed by atoms with Crippen LogP contribution >= 0.6 is 11.6 Å². The third kappa shape index (κ3) is 2.08. The van der Waals surface area contributed by atoms with Crippen molar-refractivity contribution >= 4 is 11.6 Å². The highest BCUT2D eigenvalue weighted by Gasteiger charge is 2.08. The Balaban J connectivity index is 2.92. The molecule has 12 heavy (non-hydrogen) atoms. The van der Waals surface area contributed by atoms with Gasteiger partial charge in [-0.15, -0.1) is 0 Å². The molecule has 0 aliphatic rings. The second kappa shape index (κ2) is 3.72. The van der Waals surface area contributed by atoms with Crippen molar-refractivity contribution in [1.29, 1.82) is 0 Å². The number of rotatable bonds is 2. The summed E-state index contributed by atoms with van der Waals surface area (Å²) < 4.78 is 27.6. The molecule has 1 radical (unpaired) electrons. The van der Waals surface area contributed by atoms with Crippen LogP contribution in [0.15, 0.2) is 18.2 Å². The van der Waals surface area contributed by atoms with Gasteiger partial charge in [-0.05, 0) is 19.1 Å². The lowest BCUT2D eigenvalue weighted by Gasteiger charge is -2.07. The van der Waals surface area contributed by atoms with Crippen molar-refractivity contribution in [3.63, 3.8) is 0 Å². The Morgan fingerprint density at radius 1 is 1.42 bits per heavy atom. The number of ether oxygens (including phenoxy) is 1. The lowest BCUT2D eigenvalue weighted by atomic mass is 10.2. The average molecular weight is 192 g/mol. The molecule has 1 rings (SSSR count). The summed E-state index contributed by atoms with van der Waals surface area (Å²) in [5, 5.41) is 0.313. The van der Waals surface area contributed by atoms with E-state index in [1.54, 1.807) is 6.07 Å². The van der Waals surface area contributed by atoms with E-state index in [0.717, 1.165) is 0 Å². The molecule has 0 atom stereocenters. The molecule has 0 aliphatic heterocycles. The third-order valence-corrected chi connectivity index (χ3v) is 1.65. The SMILES string of the molecule is [CH2]c1c(Cl)cccc1OC(F)F. The Morgan fingerprint density at radius 2 is 2.08 bits per heavy atom. The van der Waals surface area contributed by atoms with Crippen LogP contribution in [-0.4, -0.2) is 6.61 Å². The molecule has 1 nitrogen and oxygen atoms in total. The highest BCUT2D eigenvalue weighted by molar-refractivity contribution is 6.31. The molecule has 0 amide bonds. The van der Waals surface area contributed by atoms with Crippen molar-refractivity contribution in [3.05, 3.63) is 35.7 Å². The summed E-state index contributed by atoms with van der Waals surface area (Å²) in [7, 11) is 0. The molecule has 1 aromatic carbocycles. The molecular formula is C8H6ClF2O. The van der Waals surface area contributed by atoms with E-state index in [-0.39, 0.29) is 11.3 Å². The van der Waals surface area contributed by atoms with E-state index in [0.29, 0.717) is 5.02 Å². The van der Waals surface area contributed by atoms with Crippen LogP contribution in [0, 0.1) is 6.92 Å². The van der Waals surface area contributed by atoms with Crippen LogP contribution in [0.3, 0.4) is 0 Å². The summed E-state index contributed by atoms with van der Waals surface area (Å²) in [6.07, 6.45) is 0. The average Bonchev–Trinajstić information content (AvgIpc) is 1.98. The van der Waals surface area contributed by atoms with Gasteiger partial charge in [-0.2, -0.15) is 8.78 Å². The predicted molar refractivity (Wildman–Crippen MR) is 42.5 cm³/mol. The predicted octanol–water partition coefficient (Wildman–Crippen LogP) is 3.12. The number of halogens is 3. The van der Waals surface area contributed by atoms with Crippen molar-refractivity contribution in [1.82, 2.24) is 0 Å². The van der Waals surface area contributed by atoms with Crippen LogP contribution in [0.5, 0.6) is 5.75 Å². The van der Waals surface area contributed by atoms with Crippen LogP contribution in [0.25, 0.3) is 0 Å². The maximum absolute atomic E-state index is 11.7. The first-order chi connectivity index (χ1) is 5.61. The Kier molecular flexibility index (Phi) is 2.87. The molecule has 0 N–H and O–H groups in total. The molecule has 0 saturated carbocycles. The lowest BCUT2D eigenvalue weighted by molar-refractivity contribution is -0.0500. The van der Waals surface area contributed by atoms with E-state index >= 15 is 0 Å². The summed E-state index contributed by atoms with van der Waals surface area (Å²) in [6.45, 7) is 0.639. The monoisotopic (exact) mass is 191 g/mol. The zero-order valence-electron chi connectivity index (χ0n) is 6.06. The summed E-state index contributed by atoms with van der Waals surface area (Å²) in [5.41, 5.74) is 0.277. The van der Waals surface area contributed by atoms with Crippen LogP contribution in [0.1, 0.15) is 5.56 Å². The van der Waals surface area contributed by atoms with E-state index in [9.17, 15) is 8.78 Å². The Morgan fingerprint density at radius 3 is 2.67 bits per heavy atom. The smallest absolute Gasteiger partial charge is 0.387 e. The lowest BCUT2D eigenvalue weighted by Crippen LogP contribution is -2.03. The van der Waals surface area contributed by atoms with Crippen molar-refractivity contribution in [2.24, 2.45) is 0 Å². The second-order valence-corrected chi connectivity index (χ2v) is 2.50. The fourth-order valence-electron chi connectivity index (χ4n) is 0.745. The van der Waals surface area contributed by atoms with Crippen molar-refractivity contribution < 1.29 is 13.5 Å². The van der Waals surface area contributed by atoms with Gasteiger partial charge >= 0.3 is 6.61 Å². The first kappa shape index (κ1) is 9.26. The van der Waals surface area contributed by atoms with Crippen molar-refractivity contribution in [3.8, 4) is 5.75 Å². The second-order valence-electron chi connectivity index (χ2n) is 2.10. The molecule has 0 spiro atoms. The number of hydrogen-bond acceptors (Lipinski definition) is 1. The van der Waals surface area contributed by atoms with E-state index in [4.69, 9.17) is 11.6 Å². The van der Waals surface area contributed by atoms with Gasteiger partial charge < -0.3 is 4.74 Å². The Hall–Kier alpha value is -0.830. The van der Waals surface area contributed by atoms with Gasteiger partial charge in [0.25, 0.3) is 0 Å². The van der Waals surface area contributed by atoms with Gasteiger partial charge in [-0.3, -0.25) is 0 Å². The molecular weight excluding hydrogens is 186 g/mol. The number of alkyl halides is 2. The fraction of sp³-hybridized carbons (Fsp3) is 0.125. The third-order valence-electron chi connectivity index (χ3n) is 1.29. The van der Waals surface area contributed by atoms with E-state index in [1.807, 2.05) is 0 Å². The maximum atomic E-state index is 11.7. The first-order valence-electron chi connectivity index (χ1n) is 3.16. The summed E-state index contributed by atoms with van der Waals surface area (Å²) in [4.78, 5) is 0. The number of hydrogen-bond donors (Lipinski definition) is 0. The quantitative estimate of drug-likeness (QED) is 0.698. The Labute approximate surface area is 73.9 Å². The minimum atomic E-state index is -2.84. The summed E-state index contributed by atoms with van der Waals surface area (Å²) in [6, 6.07) is 4.47. The minimum Gasteiger partial charge on any atom is -0.434 e. The van der Waals surface area contributed by atoms with Crippen LogP contribution in [-0.2, 0) is 0 Å². The van der Waals surface area contributed by atoms with Crippen LogP contribution in [0.2, 0.25) is 5.02 Å². The zero-order chi connectivity index (χ0) is 9.14. The van der Waals surface area contributed by atoms with Gasteiger partial charge in [-0.25, -0.2) is 0 Å². The number of benzene rings is 1. The molecule has 1 aromatic rings. The molecule has 0 fully saturated rings. The normalized spacial score (nSPS) is 10.4. The summed E-state index contributed by atoms with van der Waals surface area (Å²) in [5.74, 6) is 0.0116. The fourth-order valence-corrected chi connectivity index (χ4v) is 0.911. The maximum Gasteiger partial charge on any atom is 0.387 e. The van der Waals surface area contributed by atoms with Gasteiger partial charge in [0.2, 0.25) is 0 Å². The summed E-state index contributed by atoms with van der Waals surface area (Å²) >= 11 is 5.61. The van der Waals surface area contributed by atoms with E-state index in [1.165, 1.54) is 12.1 Å². The van der Waals surface area contributed by atoms with Gasteiger partial charge in [0.15, 0.2) is 0 Å². The van der Waals surface area contributed by atoms with Crippen LogP contribution in [0.4, 0.5) is 8.78 Å². The van der Waals surface area contributed by atoms with Gasteiger partial charge in [0.1, 0.15) is 5.75 Å². The molecule has 0 aromatic heterocycles. The molecule has 0 heterocycles. The molecule has 0 saturated heterocycles. The van der Waals surface area contributed by atoms with Crippen molar-refractivity contribution in [2.45, 2.75) is 6.61 Å².